The van der Waals surface area contributed by atoms with Crippen LogP contribution in [0.4, 0.5) is 0 Å². The molecule has 5 unspecified atom stereocenters. The molecule has 4 aromatic rings. The Hall–Kier alpha value is -5.22. The zero-order valence-electron chi connectivity index (χ0n) is 21.7. The smallest absolute Gasteiger partial charge is 0.338 e. The number of hydrogen-bond acceptors (Lipinski definition) is 15. The van der Waals surface area contributed by atoms with Crippen LogP contribution in [0.25, 0.3) is 22.3 Å². The van der Waals surface area contributed by atoms with Crippen molar-refractivity contribution in [1.82, 2.24) is 0 Å². The largest absolute Gasteiger partial charge is 0.504 e. The number of phenolic OH excluding ortho intramolecular Hbond substituents is 6. The normalized spacial score (nSPS) is 21.9. The van der Waals surface area contributed by atoms with Gasteiger partial charge >= 0.3 is 5.97 Å². The van der Waals surface area contributed by atoms with Crippen LogP contribution in [0.1, 0.15) is 10.4 Å². The van der Waals surface area contributed by atoms with Crippen LogP contribution in [-0.2, 0) is 9.47 Å². The van der Waals surface area contributed by atoms with E-state index in [0.29, 0.717) is 0 Å². The summed E-state index contributed by atoms with van der Waals surface area (Å²) in [6.45, 7) is -0.683. The van der Waals surface area contributed by atoms with Crippen molar-refractivity contribution in [3.8, 4) is 51.6 Å². The number of rotatable bonds is 6. The van der Waals surface area contributed by atoms with Gasteiger partial charge in [-0.3, -0.25) is 4.79 Å². The molecule has 15 nitrogen and oxygen atoms in total. The fourth-order valence-corrected chi connectivity index (χ4v) is 4.35. The molecule has 1 saturated heterocycles. The number of esters is 1. The van der Waals surface area contributed by atoms with Gasteiger partial charge in [-0.1, -0.05) is 0 Å². The Morgan fingerprint density at radius 2 is 1.44 bits per heavy atom. The minimum atomic E-state index is -1.92. The van der Waals surface area contributed by atoms with Crippen molar-refractivity contribution < 1.29 is 69.4 Å². The number of ether oxygens (including phenoxy) is 3. The number of phenols is 6. The number of aliphatic hydroxyl groups excluding tert-OH is 3. The zero-order valence-corrected chi connectivity index (χ0v) is 21.7. The molecule has 15 heteroatoms. The van der Waals surface area contributed by atoms with Gasteiger partial charge in [0.1, 0.15) is 47.8 Å². The fourth-order valence-electron chi connectivity index (χ4n) is 4.35. The van der Waals surface area contributed by atoms with Crippen LogP contribution in [0, 0.1) is 0 Å². The minimum Gasteiger partial charge on any atom is -0.504 e. The molecule has 1 fully saturated rings. The van der Waals surface area contributed by atoms with E-state index in [0.717, 1.165) is 42.5 Å². The maximum absolute atomic E-state index is 12.8. The SMILES string of the molecule is O=C(OCC1OC(Oc2cc3oc(-c4ccc(O)c(O)c4)cc(=O)c3c(O)c2O)C(O)C(O)C1O)c1ccc(O)c(O)c1. The third-order valence-corrected chi connectivity index (χ3v) is 6.69. The average Bonchev–Trinajstić information content (AvgIpc) is 2.97. The van der Waals surface area contributed by atoms with Gasteiger partial charge < -0.3 is 64.6 Å². The van der Waals surface area contributed by atoms with Crippen LogP contribution in [0.5, 0.6) is 40.2 Å². The molecule has 0 saturated carbocycles. The first-order valence-corrected chi connectivity index (χ1v) is 12.5. The topological polar surface area (TPSA) is 257 Å². The third kappa shape index (κ3) is 5.52. The highest BCUT2D eigenvalue weighted by Crippen LogP contribution is 2.43. The maximum atomic E-state index is 12.8. The molecule has 0 bridgehead atoms. The van der Waals surface area contributed by atoms with Crippen LogP contribution in [-0.4, -0.2) is 89.2 Å². The van der Waals surface area contributed by atoms with E-state index in [-0.39, 0.29) is 22.5 Å². The van der Waals surface area contributed by atoms with Gasteiger partial charge in [0, 0.05) is 17.7 Å². The lowest BCUT2D eigenvalue weighted by atomic mass is 9.99. The monoisotopic (exact) mass is 600 g/mol. The summed E-state index contributed by atoms with van der Waals surface area (Å²) in [5, 5.41) is 90.2. The Morgan fingerprint density at radius 3 is 2.12 bits per heavy atom. The lowest BCUT2D eigenvalue weighted by Gasteiger charge is -2.39. The number of benzene rings is 3. The molecular weight excluding hydrogens is 576 g/mol. The van der Waals surface area contributed by atoms with Crippen molar-refractivity contribution in [1.29, 1.82) is 0 Å². The molecule has 0 aliphatic carbocycles. The Bertz CT molecular complexity index is 1760. The van der Waals surface area contributed by atoms with Gasteiger partial charge in [0.15, 0.2) is 39.9 Å². The van der Waals surface area contributed by atoms with Gasteiger partial charge in [0.25, 0.3) is 0 Å². The van der Waals surface area contributed by atoms with Crippen LogP contribution >= 0.6 is 0 Å². The lowest BCUT2D eigenvalue weighted by molar-refractivity contribution is -0.277. The molecular formula is C28H24O15. The first-order chi connectivity index (χ1) is 20.3. The molecule has 0 radical (unpaired) electrons. The van der Waals surface area contributed by atoms with Gasteiger partial charge in [-0.15, -0.1) is 0 Å². The molecule has 2 heterocycles. The molecule has 5 rings (SSSR count). The summed E-state index contributed by atoms with van der Waals surface area (Å²) >= 11 is 0. The third-order valence-electron chi connectivity index (χ3n) is 6.69. The van der Waals surface area contributed by atoms with Gasteiger partial charge in [0.05, 0.1) is 5.56 Å². The summed E-state index contributed by atoms with van der Waals surface area (Å²) in [5.41, 5.74) is -1.09. The van der Waals surface area contributed by atoms with E-state index in [4.69, 9.17) is 18.6 Å². The number of aliphatic hydroxyl groups is 3. The van der Waals surface area contributed by atoms with Gasteiger partial charge in [-0.2, -0.15) is 0 Å². The quantitative estimate of drug-likeness (QED) is 0.109. The highest BCUT2D eigenvalue weighted by Gasteiger charge is 2.46. The summed E-state index contributed by atoms with van der Waals surface area (Å²) in [7, 11) is 0. The van der Waals surface area contributed by atoms with Gasteiger partial charge in [-0.05, 0) is 36.4 Å². The molecule has 43 heavy (non-hydrogen) atoms. The van der Waals surface area contributed by atoms with Crippen molar-refractivity contribution in [3.05, 3.63) is 64.3 Å². The molecule has 1 aliphatic heterocycles. The molecule has 0 spiro atoms. The predicted octanol–water partition coefficient (Wildman–Crippen LogP) is 0.737. The standard InChI is InChI=1S/C28H24O15/c29-12-3-1-10(5-14(12)31)17-7-16(33)21-18(41-17)8-19(22(34)24(21)36)42-28-26(38)25(37)23(35)20(43-28)9-40-27(39)11-2-4-13(30)15(32)6-11/h1-8,20,23,25-26,28-32,34-38H,9H2. The van der Waals surface area contributed by atoms with E-state index < -0.39 is 94.3 Å². The summed E-state index contributed by atoms with van der Waals surface area (Å²) in [5.74, 6) is -5.55. The van der Waals surface area contributed by atoms with Crippen molar-refractivity contribution >= 4 is 16.9 Å². The first-order valence-electron chi connectivity index (χ1n) is 12.5. The van der Waals surface area contributed by atoms with Crippen molar-refractivity contribution in [3.63, 3.8) is 0 Å². The van der Waals surface area contributed by atoms with Crippen LogP contribution < -0.4 is 10.2 Å². The Morgan fingerprint density at radius 1 is 0.767 bits per heavy atom. The highest BCUT2D eigenvalue weighted by molar-refractivity contribution is 5.90. The van der Waals surface area contributed by atoms with E-state index in [1.165, 1.54) is 6.07 Å². The predicted molar refractivity (Wildman–Crippen MR) is 142 cm³/mol. The number of fused-ring (bicyclic) bond motifs is 1. The minimum absolute atomic E-state index is 0.0971. The van der Waals surface area contributed by atoms with E-state index >= 15 is 0 Å². The number of carbonyl (C=O) groups excluding carboxylic acids is 1. The molecule has 5 atom stereocenters. The number of hydrogen-bond donors (Lipinski definition) is 9. The summed E-state index contributed by atoms with van der Waals surface area (Å²) in [6, 6.07) is 8.71. The summed E-state index contributed by atoms with van der Waals surface area (Å²) in [4.78, 5) is 25.1. The second kappa shape index (κ2) is 11.2. The van der Waals surface area contributed by atoms with Crippen LogP contribution in [0.2, 0.25) is 0 Å². The number of carbonyl (C=O) groups is 1. The van der Waals surface area contributed by atoms with Gasteiger partial charge in [0.2, 0.25) is 12.0 Å². The molecule has 226 valence electrons. The maximum Gasteiger partial charge on any atom is 0.338 e. The van der Waals surface area contributed by atoms with Crippen molar-refractivity contribution in [2.45, 2.75) is 30.7 Å². The Kier molecular flexibility index (Phi) is 7.64. The lowest BCUT2D eigenvalue weighted by Crippen LogP contribution is -2.60. The second-order valence-corrected chi connectivity index (χ2v) is 9.56. The fraction of sp³-hybridized carbons (Fsp3) is 0.214. The molecule has 1 aromatic heterocycles. The van der Waals surface area contributed by atoms with Crippen molar-refractivity contribution in [2.24, 2.45) is 0 Å². The van der Waals surface area contributed by atoms with E-state index in [2.05, 4.69) is 0 Å². The molecule has 0 amide bonds. The van der Waals surface area contributed by atoms with E-state index in [9.17, 15) is 55.5 Å². The van der Waals surface area contributed by atoms with Gasteiger partial charge in [-0.25, -0.2) is 4.79 Å². The molecule has 3 aromatic carbocycles. The number of aromatic hydroxyl groups is 6. The van der Waals surface area contributed by atoms with Crippen molar-refractivity contribution in [2.75, 3.05) is 6.61 Å². The van der Waals surface area contributed by atoms with Crippen LogP contribution in [0.3, 0.4) is 0 Å². The van der Waals surface area contributed by atoms with Crippen LogP contribution in [0.15, 0.2) is 57.7 Å². The average molecular weight is 600 g/mol. The molecule has 1 aliphatic rings. The Balaban J connectivity index is 1.40. The van der Waals surface area contributed by atoms with E-state index in [1.807, 2.05) is 0 Å². The first kappa shape index (κ1) is 29.3. The van der Waals surface area contributed by atoms with E-state index in [1.54, 1.807) is 0 Å². The highest BCUT2D eigenvalue weighted by atomic mass is 16.7. The molecule has 9 N–H and O–H groups in total. The summed E-state index contributed by atoms with van der Waals surface area (Å²) in [6.07, 6.45) is -8.92. The zero-order chi connectivity index (χ0) is 31.2. The Labute approximate surface area is 239 Å². The second-order valence-electron chi connectivity index (χ2n) is 9.56. The summed E-state index contributed by atoms with van der Waals surface area (Å²) < 4.78 is 21.7.